The van der Waals surface area contributed by atoms with Gasteiger partial charge in [0.1, 0.15) is 0 Å². The van der Waals surface area contributed by atoms with Gasteiger partial charge in [-0.05, 0) is 13.3 Å². The summed E-state index contributed by atoms with van der Waals surface area (Å²) in [4.78, 5) is 15.1. The zero-order valence-corrected chi connectivity index (χ0v) is 8.36. The largest absolute Gasteiger partial charge is 0.392 e. The fourth-order valence-corrected chi connectivity index (χ4v) is 1.44. The van der Waals surface area contributed by atoms with Gasteiger partial charge in [0.15, 0.2) is 0 Å². The van der Waals surface area contributed by atoms with E-state index in [2.05, 4.69) is 0 Å². The molecule has 4 heteroatoms. The van der Waals surface area contributed by atoms with Crippen molar-refractivity contribution in [3.63, 3.8) is 0 Å². The highest BCUT2D eigenvalue weighted by Crippen LogP contribution is 2.08. The van der Waals surface area contributed by atoms with Gasteiger partial charge < -0.3 is 10.0 Å². The third kappa shape index (κ3) is 2.97. The molecule has 0 spiro atoms. The summed E-state index contributed by atoms with van der Waals surface area (Å²) in [6.45, 7) is 4.63. The lowest BCUT2D eigenvalue weighted by atomic mass is 10.3. The Labute approximate surface area is 79.1 Å². The minimum atomic E-state index is -0.236. The first-order valence-corrected chi connectivity index (χ1v) is 4.78. The topological polar surface area (TPSA) is 43.8 Å². The first-order valence-electron chi connectivity index (χ1n) is 4.78. The van der Waals surface area contributed by atoms with Gasteiger partial charge in [-0.15, -0.1) is 0 Å². The van der Waals surface area contributed by atoms with Gasteiger partial charge in [0.2, 0.25) is 5.91 Å². The summed E-state index contributed by atoms with van der Waals surface area (Å²) in [6.07, 6.45) is 0.558. The van der Waals surface area contributed by atoms with E-state index in [0.29, 0.717) is 13.1 Å². The average Bonchev–Trinajstić information content (AvgIpc) is 2.49. The molecule has 76 valence electrons. The van der Waals surface area contributed by atoms with E-state index >= 15 is 0 Å². The molecule has 1 heterocycles. The van der Waals surface area contributed by atoms with Crippen molar-refractivity contribution >= 4 is 5.91 Å². The Kier molecular flexibility index (Phi) is 3.69. The molecular formula is C9H18N2O2. The number of aliphatic hydroxyl groups is 1. The van der Waals surface area contributed by atoms with Gasteiger partial charge in [0.25, 0.3) is 0 Å². The van der Waals surface area contributed by atoms with Crippen LogP contribution in [0.5, 0.6) is 0 Å². The normalized spacial score (nSPS) is 23.5. The molecule has 0 radical (unpaired) electrons. The fourth-order valence-electron chi connectivity index (χ4n) is 1.44. The van der Waals surface area contributed by atoms with Gasteiger partial charge in [-0.3, -0.25) is 9.69 Å². The summed E-state index contributed by atoms with van der Waals surface area (Å²) < 4.78 is 0. The summed E-state index contributed by atoms with van der Waals surface area (Å²) in [6, 6.07) is 0. The molecule has 13 heavy (non-hydrogen) atoms. The van der Waals surface area contributed by atoms with Crippen LogP contribution >= 0.6 is 0 Å². The number of amides is 1. The number of carbonyl (C=O) groups excluding carboxylic acids is 1. The van der Waals surface area contributed by atoms with E-state index in [4.69, 9.17) is 0 Å². The zero-order chi connectivity index (χ0) is 9.84. The lowest BCUT2D eigenvalue weighted by molar-refractivity contribution is -0.130. The van der Waals surface area contributed by atoms with Crippen molar-refractivity contribution in [2.24, 2.45) is 0 Å². The summed E-state index contributed by atoms with van der Waals surface area (Å²) in [7, 11) is 1.80. The number of hydrogen-bond acceptors (Lipinski definition) is 3. The number of β-amino-alcohol motifs (C(OH)–C–C–N with tert-alkyl or cyclic N) is 1. The monoisotopic (exact) mass is 186 g/mol. The van der Waals surface area contributed by atoms with Crippen LogP contribution in [0.15, 0.2) is 0 Å². The van der Waals surface area contributed by atoms with Crippen molar-refractivity contribution in [3.8, 4) is 0 Å². The maximum Gasteiger partial charge on any atom is 0.236 e. The molecule has 1 fully saturated rings. The van der Waals surface area contributed by atoms with Crippen LogP contribution in [0.3, 0.4) is 0 Å². The highest BCUT2D eigenvalue weighted by molar-refractivity contribution is 5.77. The highest BCUT2D eigenvalue weighted by Gasteiger charge is 2.22. The number of nitrogens with zero attached hydrogens (tertiary/aromatic N) is 2. The average molecular weight is 186 g/mol. The molecule has 1 atom stereocenters. The SMILES string of the molecule is CCN(C)C(=O)CN1CC[C@H](O)C1. The van der Waals surface area contributed by atoms with Crippen molar-refractivity contribution in [2.45, 2.75) is 19.4 Å². The molecule has 1 aliphatic heterocycles. The zero-order valence-electron chi connectivity index (χ0n) is 8.36. The summed E-state index contributed by atoms with van der Waals surface area (Å²) in [5, 5.41) is 9.24. The molecule has 0 aliphatic carbocycles. The molecule has 0 saturated carbocycles. The Morgan fingerprint density at radius 3 is 2.85 bits per heavy atom. The van der Waals surface area contributed by atoms with E-state index < -0.39 is 0 Å². The third-order valence-electron chi connectivity index (χ3n) is 2.51. The second kappa shape index (κ2) is 4.58. The predicted molar refractivity (Wildman–Crippen MR) is 50.4 cm³/mol. The van der Waals surface area contributed by atoms with E-state index in [1.807, 2.05) is 11.8 Å². The number of aliphatic hydroxyl groups excluding tert-OH is 1. The number of likely N-dealkylation sites (N-methyl/N-ethyl adjacent to an activating group) is 1. The molecule has 0 aromatic heterocycles. The maximum absolute atomic E-state index is 11.4. The van der Waals surface area contributed by atoms with Gasteiger partial charge in [-0.1, -0.05) is 0 Å². The van der Waals surface area contributed by atoms with Gasteiger partial charge in [0, 0.05) is 26.7 Å². The Hall–Kier alpha value is -0.610. The molecule has 1 amide bonds. The summed E-state index contributed by atoms with van der Waals surface area (Å²) in [5.74, 6) is 0.136. The van der Waals surface area contributed by atoms with Crippen molar-refractivity contribution in [3.05, 3.63) is 0 Å². The van der Waals surface area contributed by atoms with Crippen LogP contribution in [-0.4, -0.2) is 60.1 Å². The molecule has 4 nitrogen and oxygen atoms in total. The van der Waals surface area contributed by atoms with Crippen LogP contribution in [0.2, 0.25) is 0 Å². The van der Waals surface area contributed by atoms with Crippen LogP contribution < -0.4 is 0 Å². The van der Waals surface area contributed by atoms with E-state index in [1.165, 1.54) is 0 Å². The molecule has 1 N–H and O–H groups in total. The van der Waals surface area contributed by atoms with E-state index in [-0.39, 0.29) is 12.0 Å². The highest BCUT2D eigenvalue weighted by atomic mass is 16.3. The molecular weight excluding hydrogens is 168 g/mol. The first kappa shape index (κ1) is 10.5. The molecule has 0 aromatic rings. The molecule has 1 rings (SSSR count). The van der Waals surface area contributed by atoms with E-state index in [1.54, 1.807) is 11.9 Å². The van der Waals surface area contributed by atoms with Crippen molar-refractivity contribution < 1.29 is 9.90 Å². The van der Waals surface area contributed by atoms with Crippen LogP contribution in [0.4, 0.5) is 0 Å². The van der Waals surface area contributed by atoms with E-state index in [0.717, 1.165) is 19.5 Å². The molecule has 0 unspecified atom stereocenters. The van der Waals surface area contributed by atoms with Crippen molar-refractivity contribution in [1.82, 2.24) is 9.80 Å². The summed E-state index contributed by atoms with van der Waals surface area (Å²) >= 11 is 0. The van der Waals surface area contributed by atoms with Gasteiger partial charge in [0.05, 0.1) is 12.6 Å². The Morgan fingerprint density at radius 1 is 1.69 bits per heavy atom. The Bertz CT molecular complexity index is 184. The molecule has 1 aliphatic rings. The standard InChI is InChI=1S/C9H18N2O2/c1-3-10(2)9(13)7-11-5-4-8(12)6-11/h8,12H,3-7H2,1-2H3/t8-/m0/s1. The van der Waals surface area contributed by atoms with Crippen molar-refractivity contribution in [2.75, 3.05) is 33.2 Å². The Balaban J connectivity index is 2.28. The molecule has 0 aromatic carbocycles. The quantitative estimate of drug-likeness (QED) is 0.648. The molecule has 1 saturated heterocycles. The van der Waals surface area contributed by atoms with Crippen molar-refractivity contribution in [1.29, 1.82) is 0 Å². The second-order valence-electron chi connectivity index (χ2n) is 3.59. The number of rotatable bonds is 3. The van der Waals surface area contributed by atoms with Gasteiger partial charge in [-0.2, -0.15) is 0 Å². The van der Waals surface area contributed by atoms with Crippen LogP contribution in [0.25, 0.3) is 0 Å². The smallest absolute Gasteiger partial charge is 0.236 e. The number of likely N-dealkylation sites (tertiary alicyclic amines) is 1. The minimum Gasteiger partial charge on any atom is -0.392 e. The fraction of sp³-hybridized carbons (Fsp3) is 0.889. The molecule has 0 bridgehead atoms. The minimum absolute atomic E-state index is 0.136. The summed E-state index contributed by atoms with van der Waals surface area (Å²) in [5.41, 5.74) is 0. The lowest BCUT2D eigenvalue weighted by Gasteiger charge is -2.19. The first-order chi connectivity index (χ1) is 6.13. The van der Waals surface area contributed by atoms with Crippen LogP contribution in [-0.2, 0) is 4.79 Å². The van der Waals surface area contributed by atoms with E-state index in [9.17, 15) is 9.90 Å². The second-order valence-corrected chi connectivity index (χ2v) is 3.59. The van der Waals surface area contributed by atoms with Gasteiger partial charge in [-0.25, -0.2) is 0 Å². The van der Waals surface area contributed by atoms with Crippen LogP contribution in [0.1, 0.15) is 13.3 Å². The predicted octanol–water partition coefficient (Wildman–Crippen LogP) is -0.469. The number of hydrogen-bond donors (Lipinski definition) is 1. The van der Waals surface area contributed by atoms with Gasteiger partial charge >= 0.3 is 0 Å². The Morgan fingerprint density at radius 2 is 2.38 bits per heavy atom. The lowest BCUT2D eigenvalue weighted by Crippen LogP contribution is -2.37. The third-order valence-corrected chi connectivity index (χ3v) is 2.51. The number of carbonyl (C=O) groups is 1. The maximum atomic E-state index is 11.4. The van der Waals surface area contributed by atoms with Crippen LogP contribution in [0, 0.1) is 0 Å².